The van der Waals surface area contributed by atoms with Crippen molar-refractivity contribution in [2.24, 2.45) is 0 Å². The molecule has 0 aliphatic heterocycles. The van der Waals surface area contributed by atoms with Gasteiger partial charge >= 0.3 is 0 Å². The highest BCUT2D eigenvalue weighted by Crippen LogP contribution is 2.37. The van der Waals surface area contributed by atoms with Gasteiger partial charge < -0.3 is 10.1 Å². The summed E-state index contributed by atoms with van der Waals surface area (Å²) in [7, 11) is 1.57. The van der Waals surface area contributed by atoms with Crippen molar-refractivity contribution in [3.8, 4) is 5.75 Å². The highest BCUT2D eigenvalue weighted by molar-refractivity contribution is 8.00. The van der Waals surface area contributed by atoms with Crippen LogP contribution in [0.2, 0.25) is 0 Å². The van der Waals surface area contributed by atoms with Gasteiger partial charge in [0.25, 0.3) is 5.56 Å². The molecular formula is C21H21N3O3S. The number of nitrogens with one attached hydrogen (secondary N) is 1. The minimum atomic E-state index is -0.428. The minimum Gasteiger partial charge on any atom is -0.495 e. The molecule has 0 spiro atoms. The van der Waals surface area contributed by atoms with Gasteiger partial charge in [-0.1, -0.05) is 36.0 Å². The summed E-state index contributed by atoms with van der Waals surface area (Å²) < 4.78 is 7.04. The number of fused-ring (bicyclic) bond motifs is 1. The number of thioether (sulfide) groups is 1. The van der Waals surface area contributed by atoms with E-state index in [4.69, 9.17) is 4.74 Å². The lowest BCUT2D eigenvalue weighted by molar-refractivity contribution is -0.115. The Morgan fingerprint density at radius 2 is 1.93 bits per heavy atom. The molecule has 2 aromatic carbocycles. The Kier molecular flexibility index (Phi) is 5.09. The predicted octanol–water partition coefficient (Wildman–Crippen LogP) is 3.86. The number of nitrogens with zero attached hydrogens (tertiary/aromatic N) is 2. The van der Waals surface area contributed by atoms with Crippen molar-refractivity contribution >= 4 is 34.3 Å². The van der Waals surface area contributed by atoms with Crippen molar-refractivity contribution in [1.29, 1.82) is 0 Å². The molecule has 1 N–H and O–H groups in total. The summed E-state index contributed by atoms with van der Waals surface area (Å²) in [5.41, 5.74) is 1.24. The molecule has 1 heterocycles. The SMILES string of the molecule is COc1ccccc1NC(=O)[C@H](C)Sc1nc2ccccc2c(=O)n1C1CC1. The molecule has 0 unspecified atom stereocenters. The zero-order valence-corrected chi connectivity index (χ0v) is 16.5. The lowest BCUT2D eigenvalue weighted by atomic mass is 10.2. The van der Waals surface area contributed by atoms with E-state index in [-0.39, 0.29) is 17.5 Å². The third-order valence-electron chi connectivity index (χ3n) is 4.70. The third kappa shape index (κ3) is 3.62. The number of rotatable bonds is 6. The molecule has 7 heteroatoms. The van der Waals surface area contributed by atoms with Crippen molar-refractivity contribution in [2.45, 2.75) is 36.2 Å². The van der Waals surface area contributed by atoms with Gasteiger partial charge in [-0.25, -0.2) is 4.98 Å². The lowest BCUT2D eigenvalue weighted by Crippen LogP contribution is -2.26. The molecule has 1 amide bonds. The summed E-state index contributed by atoms with van der Waals surface area (Å²) in [4.78, 5) is 30.4. The van der Waals surface area contributed by atoms with Crippen LogP contribution in [0.25, 0.3) is 10.9 Å². The fourth-order valence-corrected chi connectivity index (χ4v) is 4.04. The normalized spacial score (nSPS) is 14.6. The van der Waals surface area contributed by atoms with Crippen molar-refractivity contribution in [3.05, 3.63) is 58.9 Å². The van der Waals surface area contributed by atoms with Crippen LogP contribution < -0.4 is 15.6 Å². The van der Waals surface area contributed by atoms with Gasteiger partial charge in [-0.2, -0.15) is 0 Å². The molecule has 1 aromatic heterocycles. The van der Waals surface area contributed by atoms with Gasteiger partial charge in [0.1, 0.15) is 5.75 Å². The number of anilines is 1. The average Bonchev–Trinajstić information content (AvgIpc) is 3.53. The summed E-state index contributed by atoms with van der Waals surface area (Å²) in [5.74, 6) is 0.436. The number of benzene rings is 2. The van der Waals surface area contributed by atoms with E-state index in [1.807, 2.05) is 37.3 Å². The van der Waals surface area contributed by atoms with Crippen molar-refractivity contribution in [2.75, 3.05) is 12.4 Å². The molecule has 4 rings (SSSR count). The van der Waals surface area contributed by atoms with Gasteiger partial charge in [0.05, 0.1) is 29.0 Å². The zero-order chi connectivity index (χ0) is 19.7. The Morgan fingerprint density at radius 3 is 2.68 bits per heavy atom. The first kappa shape index (κ1) is 18.6. The number of ether oxygens (including phenoxy) is 1. The molecule has 6 nitrogen and oxygen atoms in total. The summed E-state index contributed by atoms with van der Waals surface area (Å²) in [6, 6.07) is 14.8. The topological polar surface area (TPSA) is 73.2 Å². The fourth-order valence-electron chi connectivity index (χ4n) is 3.06. The highest BCUT2D eigenvalue weighted by atomic mass is 32.2. The maximum absolute atomic E-state index is 12.9. The largest absolute Gasteiger partial charge is 0.495 e. The molecule has 0 bridgehead atoms. The smallest absolute Gasteiger partial charge is 0.262 e. The van der Waals surface area contributed by atoms with Gasteiger partial charge in [0, 0.05) is 6.04 Å². The van der Waals surface area contributed by atoms with E-state index in [9.17, 15) is 9.59 Å². The maximum Gasteiger partial charge on any atom is 0.262 e. The second-order valence-corrected chi connectivity index (χ2v) is 8.08. The van der Waals surface area contributed by atoms with Crippen LogP contribution in [0.1, 0.15) is 25.8 Å². The van der Waals surface area contributed by atoms with Gasteiger partial charge in [0.2, 0.25) is 5.91 Å². The third-order valence-corrected chi connectivity index (χ3v) is 5.77. The van der Waals surface area contributed by atoms with Crippen LogP contribution >= 0.6 is 11.8 Å². The first-order valence-corrected chi connectivity index (χ1v) is 10.1. The summed E-state index contributed by atoms with van der Waals surface area (Å²) >= 11 is 1.31. The van der Waals surface area contributed by atoms with E-state index < -0.39 is 5.25 Å². The molecular weight excluding hydrogens is 374 g/mol. The number of para-hydroxylation sites is 3. The Hall–Kier alpha value is -2.80. The molecule has 1 saturated carbocycles. The quantitative estimate of drug-likeness (QED) is 0.507. The molecule has 1 atom stereocenters. The van der Waals surface area contributed by atoms with Crippen molar-refractivity contribution < 1.29 is 9.53 Å². The summed E-state index contributed by atoms with van der Waals surface area (Å²) in [5, 5.41) is 3.68. The van der Waals surface area contributed by atoms with E-state index in [1.54, 1.807) is 29.9 Å². The highest BCUT2D eigenvalue weighted by Gasteiger charge is 2.30. The number of hydrogen-bond donors (Lipinski definition) is 1. The number of hydrogen-bond acceptors (Lipinski definition) is 5. The monoisotopic (exact) mass is 395 g/mol. The number of methoxy groups -OCH3 is 1. The first-order valence-electron chi connectivity index (χ1n) is 9.20. The Balaban J connectivity index is 1.61. The molecule has 0 saturated heterocycles. The summed E-state index contributed by atoms with van der Waals surface area (Å²) in [6.45, 7) is 1.81. The number of amides is 1. The van der Waals surface area contributed by atoms with Crippen LogP contribution in [-0.4, -0.2) is 27.8 Å². The molecule has 3 aromatic rings. The van der Waals surface area contributed by atoms with E-state index >= 15 is 0 Å². The first-order chi connectivity index (χ1) is 13.6. The molecule has 1 aliphatic rings. The van der Waals surface area contributed by atoms with E-state index in [0.717, 1.165) is 12.8 Å². The Morgan fingerprint density at radius 1 is 1.21 bits per heavy atom. The van der Waals surface area contributed by atoms with Gasteiger partial charge in [0.15, 0.2) is 5.16 Å². The zero-order valence-electron chi connectivity index (χ0n) is 15.7. The van der Waals surface area contributed by atoms with Gasteiger partial charge in [-0.3, -0.25) is 14.2 Å². The summed E-state index contributed by atoms with van der Waals surface area (Å²) in [6.07, 6.45) is 1.94. The lowest BCUT2D eigenvalue weighted by Gasteiger charge is -2.17. The van der Waals surface area contributed by atoms with Crippen LogP contribution in [0.3, 0.4) is 0 Å². The van der Waals surface area contributed by atoms with Crippen LogP contribution in [0.15, 0.2) is 58.5 Å². The van der Waals surface area contributed by atoms with Crippen LogP contribution in [0.4, 0.5) is 5.69 Å². The van der Waals surface area contributed by atoms with Gasteiger partial charge in [-0.05, 0) is 44.0 Å². The second-order valence-electron chi connectivity index (χ2n) is 6.77. The van der Waals surface area contributed by atoms with E-state index in [0.29, 0.717) is 27.5 Å². The predicted molar refractivity (Wildman–Crippen MR) is 111 cm³/mol. The van der Waals surface area contributed by atoms with Gasteiger partial charge in [-0.15, -0.1) is 0 Å². The number of aromatic nitrogens is 2. The van der Waals surface area contributed by atoms with Crippen LogP contribution in [0, 0.1) is 0 Å². The Labute approximate surface area is 166 Å². The number of carbonyl (C=O) groups excluding carboxylic acids is 1. The standard InChI is InChI=1S/C21H21N3O3S/c1-13(19(25)22-17-9-5-6-10-18(17)27-2)28-21-23-16-8-4-3-7-15(16)20(26)24(21)14-11-12-14/h3-10,13-14H,11-12H2,1-2H3,(H,22,25)/t13-/m0/s1. The maximum atomic E-state index is 12.9. The second kappa shape index (κ2) is 7.67. The average molecular weight is 395 g/mol. The van der Waals surface area contributed by atoms with Crippen molar-refractivity contribution in [1.82, 2.24) is 9.55 Å². The molecule has 1 aliphatic carbocycles. The Bertz CT molecular complexity index is 1090. The fraction of sp³-hybridized carbons (Fsp3) is 0.286. The van der Waals surface area contributed by atoms with Crippen LogP contribution in [-0.2, 0) is 4.79 Å². The van der Waals surface area contributed by atoms with E-state index in [2.05, 4.69) is 10.3 Å². The van der Waals surface area contributed by atoms with Crippen LogP contribution in [0.5, 0.6) is 5.75 Å². The molecule has 28 heavy (non-hydrogen) atoms. The van der Waals surface area contributed by atoms with E-state index in [1.165, 1.54) is 11.8 Å². The minimum absolute atomic E-state index is 0.0343. The molecule has 1 fully saturated rings. The molecule has 144 valence electrons. The van der Waals surface area contributed by atoms with Crippen molar-refractivity contribution in [3.63, 3.8) is 0 Å². The number of carbonyl (C=O) groups is 1. The molecule has 0 radical (unpaired) electrons.